The molecule has 2 aromatic carbocycles. The predicted molar refractivity (Wildman–Crippen MR) is 111 cm³/mol. The van der Waals surface area contributed by atoms with Crippen LogP contribution < -0.4 is 0 Å². The zero-order valence-corrected chi connectivity index (χ0v) is 16.1. The molecule has 4 heteroatoms. The standard InChI is InChI=1S/C24H27NO3/c26-23(17-15-20-11-6-7-13-22(20)24(27)28)25-18-8-2-5-12-21(25)16-14-19-9-3-1-4-10-19/h1,3-4,6-7,9-11,13-14,16,21H,2,5,8,12,15,17-18H2,(H,27,28)/b16-14+. The molecular formula is C24H27NO3. The maximum atomic E-state index is 13.0. The third-order valence-electron chi connectivity index (χ3n) is 5.29. The van der Waals surface area contributed by atoms with Crippen LogP contribution in [0.1, 0.15) is 53.6 Å². The third kappa shape index (κ3) is 5.32. The van der Waals surface area contributed by atoms with E-state index in [0.29, 0.717) is 12.8 Å². The van der Waals surface area contributed by atoms with Crippen molar-refractivity contribution >= 4 is 18.0 Å². The molecule has 0 aromatic heterocycles. The van der Waals surface area contributed by atoms with Crippen LogP contribution in [-0.2, 0) is 11.2 Å². The summed E-state index contributed by atoms with van der Waals surface area (Å²) in [6.45, 7) is 0.767. The van der Waals surface area contributed by atoms with Crippen molar-refractivity contribution in [3.05, 3.63) is 77.4 Å². The zero-order chi connectivity index (χ0) is 19.8. The fraction of sp³-hybridized carbons (Fsp3) is 0.333. The van der Waals surface area contributed by atoms with Crippen molar-refractivity contribution in [2.24, 2.45) is 0 Å². The summed E-state index contributed by atoms with van der Waals surface area (Å²) in [7, 11) is 0. The van der Waals surface area contributed by atoms with Crippen molar-refractivity contribution in [3.8, 4) is 0 Å². The van der Waals surface area contributed by atoms with Crippen molar-refractivity contribution in [2.45, 2.75) is 44.6 Å². The number of nitrogens with zero attached hydrogens (tertiary/aromatic N) is 1. The monoisotopic (exact) mass is 377 g/mol. The molecule has 146 valence electrons. The van der Waals surface area contributed by atoms with Crippen molar-refractivity contribution in [1.29, 1.82) is 0 Å². The Bertz CT molecular complexity index is 829. The van der Waals surface area contributed by atoms with Crippen LogP contribution in [0.25, 0.3) is 6.08 Å². The summed E-state index contributed by atoms with van der Waals surface area (Å²) in [6.07, 6.45) is 9.28. The van der Waals surface area contributed by atoms with Crippen LogP contribution in [0.5, 0.6) is 0 Å². The highest BCUT2D eigenvalue weighted by Crippen LogP contribution is 2.21. The van der Waals surface area contributed by atoms with Gasteiger partial charge in [0.05, 0.1) is 11.6 Å². The largest absolute Gasteiger partial charge is 0.478 e. The van der Waals surface area contributed by atoms with Crippen molar-refractivity contribution in [1.82, 2.24) is 4.90 Å². The molecule has 1 unspecified atom stereocenters. The third-order valence-corrected chi connectivity index (χ3v) is 5.29. The lowest BCUT2D eigenvalue weighted by molar-refractivity contribution is -0.132. The number of likely N-dealkylation sites (tertiary alicyclic amines) is 1. The number of amides is 1. The molecular weight excluding hydrogens is 350 g/mol. The molecule has 28 heavy (non-hydrogen) atoms. The SMILES string of the molecule is O=C(O)c1ccccc1CCC(=O)N1CCCCCC1/C=C/c1ccccc1. The molecule has 0 bridgehead atoms. The van der Waals surface area contributed by atoms with Gasteiger partial charge in [-0.1, -0.05) is 73.5 Å². The van der Waals surface area contributed by atoms with Gasteiger partial charge in [-0.05, 0) is 36.5 Å². The first-order valence-electron chi connectivity index (χ1n) is 9.99. The van der Waals surface area contributed by atoms with Gasteiger partial charge in [0, 0.05) is 13.0 Å². The van der Waals surface area contributed by atoms with Crippen molar-refractivity contribution < 1.29 is 14.7 Å². The van der Waals surface area contributed by atoms with Gasteiger partial charge >= 0.3 is 5.97 Å². The Kier molecular flexibility index (Phi) is 7.01. The van der Waals surface area contributed by atoms with Gasteiger partial charge in [0.25, 0.3) is 0 Å². The average molecular weight is 377 g/mol. The van der Waals surface area contributed by atoms with Crippen LogP contribution in [0.15, 0.2) is 60.7 Å². The number of carboxylic acid groups (broad SMARTS) is 1. The van der Waals surface area contributed by atoms with E-state index in [0.717, 1.165) is 43.4 Å². The summed E-state index contributed by atoms with van der Waals surface area (Å²) in [4.78, 5) is 26.3. The molecule has 1 heterocycles. The summed E-state index contributed by atoms with van der Waals surface area (Å²) in [5.74, 6) is -0.841. The van der Waals surface area contributed by atoms with Gasteiger partial charge in [-0.15, -0.1) is 0 Å². The van der Waals surface area contributed by atoms with Crippen molar-refractivity contribution in [2.75, 3.05) is 6.54 Å². The summed E-state index contributed by atoms with van der Waals surface area (Å²) in [5, 5.41) is 9.33. The number of hydrogen-bond donors (Lipinski definition) is 1. The minimum absolute atomic E-state index is 0.102. The van der Waals surface area contributed by atoms with Gasteiger partial charge in [-0.3, -0.25) is 4.79 Å². The van der Waals surface area contributed by atoms with E-state index in [1.807, 2.05) is 29.2 Å². The summed E-state index contributed by atoms with van der Waals surface area (Å²) >= 11 is 0. The van der Waals surface area contributed by atoms with Crippen LogP contribution in [0.2, 0.25) is 0 Å². The van der Waals surface area contributed by atoms with E-state index in [-0.39, 0.29) is 17.5 Å². The molecule has 2 aromatic rings. The molecule has 1 aliphatic rings. The average Bonchev–Trinajstić information content (AvgIpc) is 2.97. The molecule has 3 rings (SSSR count). The molecule has 1 N–H and O–H groups in total. The predicted octanol–water partition coefficient (Wildman–Crippen LogP) is 4.80. The van der Waals surface area contributed by atoms with Crippen LogP contribution in [-0.4, -0.2) is 34.5 Å². The Morgan fingerprint density at radius 3 is 2.54 bits per heavy atom. The molecule has 4 nitrogen and oxygen atoms in total. The van der Waals surface area contributed by atoms with Crippen molar-refractivity contribution in [3.63, 3.8) is 0 Å². The molecule has 0 radical (unpaired) electrons. The molecule has 1 atom stereocenters. The molecule has 1 amide bonds. The van der Waals surface area contributed by atoms with Gasteiger partial charge in [0.1, 0.15) is 0 Å². The second-order valence-electron chi connectivity index (χ2n) is 7.24. The lowest BCUT2D eigenvalue weighted by atomic mass is 10.0. The molecule has 1 aliphatic heterocycles. The maximum Gasteiger partial charge on any atom is 0.335 e. The number of benzene rings is 2. The number of rotatable bonds is 6. The highest BCUT2D eigenvalue weighted by atomic mass is 16.4. The van der Waals surface area contributed by atoms with Gasteiger partial charge < -0.3 is 10.0 Å². The van der Waals surface area contributed by atoms with E-state index in [1.165, 1.54) is 0 Å². The number of carboxylic acids is 1. The summed E-state index contributed by atoms with van der Waals surface area (Å²) in [5.41, 5.74) is 2.13. The van der Waals surface area contributed by atoms with Gasteiger partial charge in [0.15, 0.2) is 0 Å². The fourth-order valence-electron chi connectivity index (χ4n) is 3.76. The van der Waals surface area contributed by atoms with E-state index in [2.05, 4.69) is 24.3 Å². The molecule has 1 saturated heterocycles. The second-order valence-corrected chi connectivity index (χ2v) is 7.24. The molecule has 0 aliphatic carbocycles. The Balaban J connectivity index is 1.69. The number of aryl methyl sites for hydroxylation is 1. The smallest absolute Gasteiger partial charge is 0.335 e. The van der Waals surface area contributed by atoms with Gasteiger partial charge in [-0.25, -0.2) is 4.79 Å². The number of aromatic carboxylic acids is 1. The minimum atomic E-state index is -0.943. The Labute approximate surface area is 166 Å². The van der Waals surface area contributed by atoms with E-state index in [9.17, 15) is 14.7 Å². The van der Waals surface area contributed by atoms with Crippen LogP contribution in [0.3, 0.4) is 0 Å². The van der Waals surface area contributed by atoms with Crippen LogP contribution in [0.4, 0.5) is 0 Å². The molecule has 1 fully saturated rings. The van der Waals surface area contributed by atoms with Gasteiger partial charge in [-0.2, -0.15) is 0 Å². The normalized spacial score (nSPS) is 17.4. The first kappa shape index (κ1) is 19.9. The lowest BCUT2D eigenvalue weighted by Crippen LogP contribution is -2.39. The Morgan fingerprint density at radius 1 is 1.00 bits per heavy atom. The zero-order valence-electron chi connectivity index (χ0n) is 16.1. The van der Waals surface area contributed by atoms with Crippen LogP contribution >= 0.6 is 0 Å². The summed E-state index contributed by atoms with van der Waals surface area (Å²) in [6, 6.07) is 17.2. The second kappa shape index (κ2) is 9.88. The molecule has 0 saturated carbocycles. The van der Waals surface area contributed by atoms with E-state index < -0.39 is 5.97 Å². The number of carbonyl (C=O) groups is 2. The van der Waals surface area contributed by atoms with Gasteiger partial charge in [0.2, 0.25) is 5.91 Å². The first-order valence-corrected chi connectivity index (χ1v) is 9.99. The maximum absolute atomic E-state index is 13.0. The minimum Gasteiger partial charge on any atom is -0.478 e. The number of hydrogen-bond acceptors (Lipinski definition) is 2. The van der Waals surface area contributed by atoms with E-state index in [4.69, 9.17) is 0 Å². The summed E-state index contributed by atoms with van der Waals surface area (Å²) < 4.78 is 0. The quantitative estimate of drug-likeness (QED) is 0.786. The Morgan fingerprint density at radius 2 is 1.75 bits per heavy atom. The first-order chi connectivity index (χ1) is 13.6. The van der Waals surface area contributed by atoms with E-state index >= 15 is 0 Å². The highest BCUT2D eigenvalue weighted by molar-refractivity contribution is 5.89. The Hall–Kier alpha value is -2.88. The highest BCUT2D eigenvalue weighted by Gasteiger charge is 2.23. The fourth-order valence-corrected chi connectivity index (χ4v) is 3.76. The number of carbonyl (C=O) groups excluding carboxylic acids is 1. The lowest BCUT2D eigenvalue weighted by Gasteiger charge is -2.28. The molecule has 0 spiro atoms. The van der Waals surface area contributed by atoms with Crippen LogP contribution in [0, 0.1) is 0 Å². The van der Waals surface area contributed by atoms with E-state index in [1.54, 1.807) is 18.2 Å². The topological polar surface area (TPSA) is 57.6 Å².